The number of rotatable bonds is 9. The van der Waals surface area contributed by atoms with Crippen molar-refractivity contribution >= 4 is 11.9 Å². The van der Waals surface area contributed by atoms with Crippen LogP contribution in [0, 0.1) is 0 Å². The van der Waals surface area contributed by atoms with Crippen molar-refractivity contribution in [2.75, 3.05) is 47.9 Å². The van der Waals surface area contributed by atoms with E-state index in [4.69, 9.17) is 9.47 Å². The van der Waals surface area contributed by atoms with Crippen molar-refractivity contribution in [3.8, 4) is 11.5 Å². The highest BCUT2D eigenvalue weighted by molar-refractivity contribution is 5.85. The maximum absolute atomic E-state index is 11.9. The molecule has 0 aromatic heterocycles. The third-order valence-corrected chi connectivity index (χ3v) is 5.30. The molecule has 8 heteroatoms. The van der Waals surface area contributed by atoms with Gasteiger partial charge in [0.25, 0.3) is 0 Å². The van der Waals surface area contributed by atoms with Gasteiger partial charge in [-0.2, -0.15) is 0 Å². The second-order valence-corrected chi connectivity index (χ2v) is 7.99. The zero-order valence-electron chi connectivity index (χ0n) is 19.2. The van der Waals surface area contributed by atoms with Crippen molar-refractivity contribution in [1.29, 1.82) is 0 Å². The summed E-state index contributed by atoms with van der Waals surface area (Å²) in [4.78, 5) is 20.4. The van der Waals surface area contributed by atoms with E-state index < -0.39 is 0 Å². The van der Waals surface area contributed by atoms with Crippen molar-refractivity contribution in [2.24, 2.45) is 4.99 Å². The number of guanidine groups is 1. The molecule has 0 saturated carbocycles. The molecule has 2 N–H and O–H groups in total. The molecule has 168 valence electrons. The monoisotopic (exact) mass is 419 g/mol. The number of ether oxygens (including phenoxy) is 2. The van der Waals surface area contributed by atoms with Gasteiger partial charge in [-0.1, -0.05) is 6.92 Å². The fourth-order valence-corrected chi connectivity index (χ4v) is 3.26. The Hall–Kier alpha value is -2.48. The Balaban J connectivity index is 1.98. The lowest BCUT2D eigenvalue weighted by molar-refractivity contribution is -0.127. The zero-order chi connectivity index (χ0) is 22.1. The van der Waals surface area contributed by atoms with E-state index in [9.17, 15) is 4.79 Å². The summed E-state index contributed by atoms with van der Waals surface area (Å²) in [5.74, 6) is 2.29. The normalized spacial score (nSPS) is 18.1. The Labute approximate surface area is 180 Å². The number of carbonyl (C=O) groups excluding carboxylic acids is 1. The topological polar surface area (TPSA) is 78.4 Å². The third kappa shape index (κ3) is 7.40. The van der Waals surface area contributed by atoms with Crippen molar-refractivity contribution in [2.45, 2.75) is 45.3 Å². The van der Waals surface area contributed by atoms with Gasteiger partial charge in [0.2, 0.25) is 5.91 Å². The molecule has 0 aliphatic carbocycles. The number of hydrogen-bond acceptors (Lipinski definition) is 5. The molecule has 1 fully saturated rings. The average Bonchev–Trinajstić information content (AvgIpc) is 3.17. The Morgan fingerprint density at radius 2 is 1.93 bits per heavy atom. The fourth-order valence-electron chi connectivity index (χ4n) is 3.26. The maximum Gasteiger partial charge on any atom is 0.243 e. The predicted molar refractivity (Wildman–Crippen MR) is 120 cm³/mol. The Morgan fingerprint density at radius 1 is 1.27 bits per heavy atom. The molecule has 8 nitrogen and oxygen atoms in total. The quantitative estimate of drug-likeness (QED) is 0.469. The number of nitrogens with one attached hydrogen (secondary N) is 2. The minimum absolute atomic E-state index is 0.0136. The van der Waals surface area contributed by atoms with Crippen LogP contribution in [-0.2, 0) is 11.3 Å². The first-order valence-corrected chi connectivity index (χ1v) is 10.6. The highest BCUT2D eigenvalue weighted by Crippen LogP contribution is 2.24. The summed E-state index contributed by atoms with van der Waals surface area (Å²) in [6.45, 7) is 7.10. The van der Waals surface area contributed by atoms with E-state index in [0.717, 1.165) is 49.5 Å². The zero-order valence-corrected chi connectivity index (χ0v) is 19.2. The highest BCUT2D eigenvalue weighted by atomic mass is 16.5. The summed E-state index contributed by atoms with van der Waals surface area (Å²) in [5.41, 5.74) is 1.16. The van der Waals surface area contributed by atoms with Crippen LogP contribution in [0.3, 0.4) is 0 Å². The number of methoxy groups -OCH3 is 2. The van der Waals surface area contributed by atoms with E-state index >= 15 is 0 Å². The van der Waals surface area contributed by atoms with E-state index in [-0.39, 0.29) is 24.5 Å². The molecule has 1 aliphatic rings. The number of aliphatic imine (C=N–C) groups is 1. The number of amides is 1. The van der Waals surface area contributed by atoms with E-state index in [1.165, 1.54) is 0 Å². The van der Waals surface area contributed by atoms with Gasteiger partial charge in [-0.15, -0.1) is 0 Å². The molecule has 2 unspecified atom stereocenters. The Kier molecular flexibility index (Phi) is 9.23. The second-order valence-electron chi connectivity index (χ2n) is 7.99. The Morgan fingerprint density at radius 3 is 2.50 bits per heavy atom. The van der Waals surface area contributed by atoms with Crippen LogP contribution >= 0.6 is 0 Å². The smallest absolute Gasteiger partial charge is 0.243 e. The van der Waals surface area contributed by atoms with Crippen LogP contribution in [0.2, 0.25) is 0 Å². The second kappa shape index (κ2) is 11.6. The largest absolute Gasteiger partial charge is 0.497 e. The van der Waals surface area contributed by atoms with Gasteiger partial charge in [0.05, 0.1) is 14.2 Å². The van der Waals surface area contributed by atoms with E-state index in [1.54, 1.807) is 33.2 Å². The minimum Gasteiger partial charge on any atom is -0.497 e. The molecule has 1 aromatic rings. The molecular formula is C22H37N5O3. The summed E-state index contributed by atoms with van der Waals surface area (Å²) in [6.07, 6.45) is 2.00. The molecule has 1 aromatic carbocycles. The molecule has 1 heterocycles. The lowest BCUT2D eigenvalue weighted by atomic mass is 10.2. The van der Waals surface area contributed by atoms with Gasteiger partial charge in [0.15, 0.2) is 5.96 Å². The number of nitrogens with zero attached hydrogens (tertiary/aromatic N) is 3. The highest BCUT2D eigenvalue weighted by Gasteiger charge is 2.24. The average molecular weight is 420 g/mol. The first kappa shape index (κ1) is 23.8. The van der Waals surface area contributed by atoms with Crippen LogP contribution in [0.25, 0.3) is 0 Å². The van der Waals surface area contributed by atoms with Crippen LogP contribution in [-0.4, -0.2) is 81.7 Å². The van der Waals surface area contributed by atoms with E-state index in [0.29, 0.717) is 5.96 Å². The first-order chi connectivity index (χ1) is 14.3. The summed E-state index contributed by atoms with van der Waals surface area (Å²) < 4.78 is 10.8. The molecule has 0 spiro atoms. The van der Waals surface area contributed by atoms with Gasteiger partial charge in [-0.05, 0) is 37.5 Å². The van der Waals surface area contributed by atoms with Crippen LogP contribution in [0.4, 0.5) is 0 Å². The summed E-state index contributed by atoms with van der Waals surface area (Å²) >= 11 is 0. The maximum atomic E-state index is 11.9. The molecule has 1 amide bonds. The number of benzene rings is 1. The molecule has 2 rings (SSSR count). The van der Waals surface area contributed by atoms with Crippen molar-refractivity contribution in [1.82, 2.24) is 20.4 Å². The van der Waals surface area contributed by atoms with Crippen molar-refractivity contribution < 1.29 is 14.3 Å². The minimum atomic E-state index is -0.0136. The third-order valence-electron chi connectivity index (χ3n) is 5.30. The van der Waals surface area contributed by atoms with Crippen molar-refractivity contribution in [3.63, 3.8) is 0 Å². The summed E-state index contributed by atoms with van der Waals surface area (Å²) in [6, 6.07) is 6.55. The number of carbonyl (C=O) groups is 1. The van der Waals surface area contributed by atoms with Gasteiger partial charge < -0.3 is 25.0 Å². The van der Waals surface area contributed by atoms with Gasteiger partial charge in [-0.25, -0.2) is 4.99 Å². The lowest BCUT2D eigenvalue weighted by Gasteiger charge is -2.22. The van der Waals surface area contributed by atoms with Gasteiger partial charge in [0.1, 0.15) is 18.0 Å². The molecule has 1 saturated heterocycles. The van der Waals surface area contributed by atoms with E-state index in [2.05, 4.69) is 34.4 Å². The van der Waals surface area contributed by atoms with Crippen LogP contribution in [0.15, 0.2) is 23.2 Å². The Bertz CT molecular complexity index is 700. The molecule has 0 bridgehead atoms. The van der Waals surface area contributed by atoms with Crippen molar-refractivity contribution in [3.05, 3.63) is 23.8 Å². The van der Waals surface area contributed by atoms with Gasteiger partial charge in [-0.3, -0.25) is 9.69 Å². The summed E-state index contributed by atoms with van der Waals surface area (Å²) in [7, 11) is 6.83. The fraction of sp³-hybridized carbons (Fsp3) is 0.636. The molecule has 2 atom stereocenters. The van der Waals surface area contributed by atoms with Gasteiger partial charge in [0, 0.05) is 51.9 Å². The van der Waals surface area contributed by atoms with Crippen LogP contribution in [0.1, 0.15) is 32.3 Å². The number of likely N-dealkylation sites (N-methyl/N-ethyl adjacent to an activating group) is 1. The molecule has 1 aliphatic heterocycles. The first-order valence-electron chi connectivity index (χ1n) is 10.6. The standard InChI is InChI=1S/C22H37N5O3/c1-7-16(2)24-22(23-13-21(28)26(3)4)25-18-8-9-27(15-18)14-17-10-19(29-5)12-20(11-17)30-6/h10-12,16,18H,7-9,13-15H2,1-6H3,(H2,23,24,25). The lowest BCUT2D eigenvalue weighted by Crippen LogP contribution is -2.47. The molecule has 0 radical (unpaired) electrons. The summed E-state index contributed by atoms with van der Waals surface area (Å²) in [5, 5.41) is 6.91. The SMILES string of the molecule is CCC(C)NC(=NCC(=O)N(C)C)NC1CCN(Cc2cc(OC)cc(OC)c2)C1. The van der Waals surface area contributed by atoms with Crippen LogP contribution in [0.5, 0.6) is 11.5 Å². The van der Waals surface area contributed by atoms with Crippen LogP contribution < -0.4 is 20.1 Å². The number of hydrogen-bond donors (Lipinski definition) is 2. The predicted octanol–water partition coefficient (Wildman–Crippen LogP) is 1.70. The number of likely N-dealkylation sites (tertiary alicyclic amines) is 1. The van der Waals surface area contributed by atoms with E-state index in [1.807, 2.05) is 18.2 Å². The molecular weight excluding hydrogens is 382 g/mol. The van der Waals surface area contributed by atoms with Gasteiger partial charge >= 0.3 is 0 Å². The molecule has 30 heavy (non-hydrogen) atoms.